The van der Waals surface area contributed by atoms with Crippen molar-refractivity contribution in [2.45, 2.75) is 63.1 Å². The van der Waals surface area contributed by atoms with E-state index in [9.17, 15) is 4.79 Å². The normalized spacial score (nSPS) is 38.0. The minimum absolute atomic E-state index is 0.191. The number of nitrogens with two attached hydrogens (primary N) is 1. The van der Waals surface area contributed by atoms with Crippen LogP contribution in [-0.2, 0) is 9.53 Å². The van der Waals surface area contributed by atoms with Crippen molar-refractivity contribution in [2.75, 3.05) is 7.11 Å². The van der Waals surface area contributed by atoms with Gasteiger partial charge in [-0.3, -0.25) is 4.79 Å². The quantitative estimate of drug-likeness (QED) is 0.779. The Labute approximate surface area is 103 Å². The van der Waals surface area contributed by atoms with Gasteiger partial charge >= 0.3 is 0 Å². The van der Waals surface area contributed by atoms with Gasteiger partial charge < -0.3 is 15.8 Å². The van der Waals surface area contributed by atoms with E-state index in [1.165, 1.54) is 0 Å². The van der Waals surface area contributed by atoms with Gasteiger partial charge in [-0.2, -0.15) is 0 Å². The molecule has 0 saturated heterocycles. The molecule has 2 fully saturated rings. The second kappa shape index (κ2) is 5.83. The molecule has 4 nitrogen and oxygen atoms in total. The predicted molar refractivity (Wildman–Crippen MR) is 66.5 cm³/mol. The fraction of sp³-hybridized carbons (Fsp3) is 0.923. The zero-order valence-electron chi connectivity index (χ0n) is 10.7. The summed E-state index contributed by atoms with van der Waals surface area (Å²) in [6.45, 7) is 0. The molecule has 0 aromatic rings. The number of hydrogen-bond acceptors (Lipinski definition) is 3. The number of nitrogens with one attached hydrogen (secondary N) is 1. The molecule has 2 aliphatic carbocycles. The van der Waals surface area contributed by atoms with E-state index >= 15 is 0 Å². The fourth-order valence-corrected chi connectivity index (χ4v) is 2.99. The summed E-state index contributed by atoms with van der Waals surface area (Å²) in [4.78, 5) is 12.1. The van der Waals surface area contributed by atoms with Gasteiger partial charge in [-0.15, -0.1) is 0 Å². The first kappa shape index (κ1) is 12.8. The second-order valence-electron chi connectivity index (χ2n) is 5.49. The summed E-state index contributed by atoms with van der Waals surface area (Å²) in [5.41, 5.74) is 5.85. The van der Waals surface area contributed by atoms with Crippen molar-refractivity contribution in [1.82, 2.24) is 5.32 Å². The van der Waals surface area contributed by atoms with Gasteiger partial charge in [0.2, 0.25) is 5.91 Å². The highest BCUT2D eigenvalue weighted by Gasteiger charge is 2.29. The molecule has 0 spiro atoms. The summed E-state index contributed by atoms with van der Waals surface area (Å²) in [6, 6.07) is 0.631. The first-order chi connectivity index (χ1) is 8.19. The van der Waals surface area contributed by atoms with E-state index in [2.05, 4.69) is 5.32 Å². The smallest absolute Gasteiger partial charge is 0.223 e. The Morgan fingerprint density at radius 1 is 1.18 bits per heavy atom. The van der Waals surface area contributed by atoms with Crippen LogP contribution in [0.3, 0.4) is 0 Å². The van der Waals surface area contributed by atoms with Crippen molar-refractivity contribution in [3.8, 4) is 0 Å². The molecule has 2 saturated carbocycles. The van der Waals surface area contributed by atoms with Gasteiger partial charge in [-0.25, -0.2) is 0 Å². The van der Waals surface area contributed by atoms with Crippen LogP contribution in [0.1, 0.15) is 44.9 Å². The number of rotatable bonds is 3. The third-order valence-corrected chi connectivity index (χ3v) is 4.21. The topological polar surface area (TPSA) is 64.3 Å². The molecule has 0 aliphatic heterocycles. The lowest BCUT2D eigenvalue weighted by atomic mass is 9.86. The molecule has 0 heterocycles. The molecule has 0 bridgehead atoms. The largest absolute Gasteiger partial charge is 0.381 e. The average molecular weight is 240 g/mol. The summed E-state index contributed by atoms with van der Waals surface area (Å²) in [7, 11) is 1.75. The number of carbonyl (C=O) groups excluding carboxylic acids is 1. The van der Waals surface area contributed by atoms with E-state index in [0.29, 0.717) is 18.2 Å². The summed E-state index contributed by atoms with van der Waals surface area (Å²) in [6.07, 6.45) is 7.30. The number of hydrogen-bond donors (Lipinski definition) is 2. The summed E-state index contributed by atoms with van der Waals surface area (Å²) in [5.74, 6) is 0.426. The summed E-state index contributed by atoms with van der Waals surface area (Å²) in [5, 5.41) is 3.17. The minimum Gasteiger partial charge on any atom is -0.381 e. The summed E-state index contributed by atoms with van der Waals surface area (Å²) >= 11 is 0. The van der Waals surface area contributed by atoms with Crippen molar-refractivity contribution in [3.05, 3.63) is 0 Å². The van der Waals surface area contributed by atoms with Gasteiger partial charge in [0.05, 0.1) is 6.10 Å². The average Bonchev–Trinajstić information content (AvgIpc) is 2.77. The molecule has 3 N–H and O–H groups in total. The predicted octanol–water partition coefficient (Wildman–Crippen LogP) is 1.19. The van der Waals surface area contributed by atoms with Crippen molar-refractivity contribution >= 4 is 5.91 Å². The number of carbonyl (C=O) groups is 1. The second-order valence-corrected chi connectivity index (χ2v) is 5.49. The van der Waals surface area contributed by atoms with E-state index in [1.54, 1.807) is 7.11 Å². The molecule has 2 unspecified atom stereocenters. The van der Waals surface area contributed by atoms with E-state index in [0.717, 1.165) is 44.9 Å². The zero-order valence-corrected chi connectivity index (χ0v) is 10.7. The maximum atomic E-state index is 12.1. The molecule has 0 aromatic carbocycles. The van der Waals surface area contributed by atoms with Crippen LogP contribution in [0.15, 0.2) is 0 Å². The molecule has 2 atom stereocenters. The van der Waals surface area contributed by atoms with Crippen LogP contribution in [0.2, 0.25) is 0 Å². The Morgan fingerprint density at radius 3 is 2.47 bits per heavy atom. The number of amides is 1. The van der Waals surface area contributed by atoms with Gasteiger partial charge in [-0.1, -0.05) is 0 Å². The van der Waals surface area contributed by atoms with Crippen molar-refractivity contribution in [1.29, 1.82) is 0 Å². The number of ether oxygens (including phenoxy) is 1. The Kier molecular flexibility index (Phi) is 4.40. The van der Waals surface area contributed by atoms with Crippen LogP contribution < -0.4 is 11.1 Å². The first-order valence-corrected chi connectivity index (χ1v) is 6.77. The van der Waals surface area contributed by atoms with Crippen molar-refractivity contribution in [3.63, 3.8) is 0 Å². The minimum atomic E-state index is 0.191. The lowest BCUT2D eigenvalue weighted by Gasteiger charge is -2.26. The van der Waals surface area contributed by atoms with Crippen LogP contribution in [0, 0.1) is 5.92 Å². The standard InChI is InChI=1S/C13H24N2O2/c1-17-12-7-6-11(8-12)15-13(16)9-2-4-10(14)5-3-9/h9-12H,2-8,14H2,1H3,(H,15,16). The van der Waals surface area contributed by atoms with Gasteiger partial charge in [0.25, 0.3) is 0 Å². The lowest BCUT2D eigenvalue weighted by molar-refractivity contribution is -0.126. The Hall–Kier alpha value is -0.610. The Morgan fingerprint density at radius 2 is 1.88 bits per heavy atom. The van der Waals surface area contributed by atoms with E-state index in [1.807, 2.05) is 0 Å². The van der Waals surface area contributed by atoms with E-state index < -0.39 is 0 Å². The van der Waals surface area contributed by atoms with Crippen LogP contribution >= 0.6 is 0 Å². The monoisotopic (exact) mass is 240 g/mol. The van der Waals surface area contributed by atoms with Crippen LogP contribution in [0.25, 0.3) is 0 Å². The molecule has 98 valence electrons. The highest BCUT2D eigenvalue weighted by atomic mass is 16.5. The fourth-order valence-electron chi connectivity index (χ4n) is 2.99. The van der Waals surface area contributed by atoms with Crippen LogP contribution in [0.4, 0.5) is 0 Å². The van der Waals surface area contributed by atoms with Gasteiger partial charge in [0.15, 0.2) is 0 Å². The molecule has 2 aliphatic rings. The SMILES string of the molecule is COC1CCC(NC(=O)C2CCC(N)CC2)C1. The molecule has 4 heteroatoms. The molecule has 2 rings (SSSR count). The lowest BCUT2D eigenvalue weighted by Crippen LogP contribution is -2.40. The molecule has 0 radical (unpaired) electrons. The molecule has 0 aromatic heterocycles. The van der Waals surface area contributed by atoms with Crippen molar-refractivity contribution < 1.29 is 9.53 Å². The third-order valence-electron chi connectivity index (χ3n) is 4.21. The zero-order chi connectivity index (χ0) is 12.3. The van der Waals surface area contributed by atoms with Gasteiger partial charge in [0.1, 0.15) is 0 Å². The molecular weight excluding hydrogens is 216 g/mol. The Bertz CT molecular complexity index is 262. The maximum absolute atomic E-state index is 12.1. The van der Waals surface area contributed by atoms with Crippen molar-refractivity contribution in [2.24, 2.45) is 11.7 Å². The van der Waals surface area contributed by atoms with E-state index in [4.69, 9.17) is 10.5 Å². The van der Waals surface area contributed by atoms with E-state index in [-0.39, 0.29) is 11.8 Å². The molecule has 17 heavy (non-hydrogen) atoms. The Balaban J connectivity index is 1.74. The highest BCUT2D eigenvalue weighted by Crippen LogP contribution is 2.25. The molecular formula is C13H24N2O2. The van der Waals surface area contributed by atoms with Gasteiger partial charge in [0, 0.05) is 25.1 Å². The summed E-state index contributed by atoms with van der Waals surface area (Å²) < 4.78 is 5.31. The third kappa shape index (κ3) is 3.42. The molecule has 1 amide bonds. The van der Waals surface area contributed by atoms with Crippen LogP contribution in [-0.4, -0.2) is 31.2 Å². The van der Waals surface area contributed by atoms with Gasteiger partial charge in [-0.05, 0) is 44.9 Å². The highest BCUT2D eigenvalue weighted by molar-refractivity contribution is 5.79. The first-order valence-electron chi connectivity index (χ1n) is 6.77. The van der Waals surface area contributed by atoms with Crippen LogP contribution in [0.5, 0.6) is 0 Å². The number of methoxy groups -OCH3 is 1. The maximum Gasteiger partial charge on any atom is 0.223 e.